The first-order valence-electron chi connectivity index (χ1n) is 9.33. The second-order valence-corrected chi connectivity index (χ2v) is 8.69. The molecule has 2 aromatic carbocycles. The zero-order valence-electron chi connectivity index (χ0n) is 16.8. The van der Waals surface area contributed by atoms with Crippen molar-refractivity contribution in [3.63, 3.8) is 0 Å². The van der Waals surface area contributed by atoms with Gasteiger partial charge in [-0.3, -0.25) is 24.6 Å². The Kier molecular flexibility index (Phi) is 7.55. The van der Waals surface area contributed by atoms with Gasteiger partial charge in [-0.15, -0.1) is 0 Å². The molecule has 0 radical (unpaired) electrons. The number of methoxy groups -OCH3 is 1. The van der Waals surface area contributed by atoms with Crippen molar-refractivity contribution in [3.05, 3.63) is 66.1 Å². The summed E-state index contributed by atoms with van der Waals surface area (Å²) in [6.07, 6.45) is 2.46. The van der Waals surface area contributed by atoms with Gasteiger partial charge in [0.1, 0.15) is 0 Å². The minimum absolute atomic E-state index is 0.132. The Morgan fingerprint density at radius 3 is 2.68 bits per heavy atom. The molecule has 3 rings (SSSR count). The molecule has 1 aliphatic rings. The van der Waals surface area contributed by atoms with Gasteiger partial charge in [-0.1, -0.05) is 25.1 Å². The molecule has 2 amide bonds. The molecule has 0 aromatic heterocycles. The number of imide groups is 1. The molecule has 1 aliphatic heterocycles. The smallest absolute Gasteiger partial charge is 0.293 e. The number of ether oxygens (including phenoxy) is 2. The van der Waals surface area contributed by atoms with Crippen LogP contribution in [0.2, 0.25) is 0 Å². The van der Waals surface area contributed by atoms with E-state index in [4.69, 9.17) is 9.47 Å². The summed E-state index contributed by atoms with van der Waals surface area (Å²) in [7, 11) is 1.54. The van der Waals surface area contributed by atoms with Crippen molar-refractivity contribution in [2.45, 2.75) is 19.9 Å². The van der Waals surface area contributed by atoms with E-state index in [1.165, 1.54) is 25.3 Å². The number of carbonyl (C=O) groups excluding carboxylic acids is 2. The van der Waals surface area contributed by atoms with Crippen molar-refractivity contribution in [2.24, 2.45) is 0 Å². The lowest BCUT2D eigenvalue weighted by atomic mass is 10.1. The van der Waals surface area contributed by atoms with Crippen LogP contribution in [-0.2, 0) is 11.3 Å². The van der Waals surface area contributed by atoms with Gasteiger partial charge >= 0.3 is 0 Å². The van der Waals surface area contributed by atoms with Crippen LogP contribution in [0.3, 0.4) is 0 Å². The Bertz CT molecular complexity index is 1070. The summed E-state index contributed by atoms with van der Waals surface area (Å²) in [5, 5.41) is 10.8. The lowest BCUT2D eigenvalue weighted by molar-refractivity contribution is -0.385. The van der Waals surface area contributed by atoms with Gasteiger partial charge in [-0.2, -0.15) is 0 Å². The van der Waals surface area contributed by atoms with Gasteiger partial charge in [0.05, 0.1) is 33.7 Å². The lowest BCUT2D eigenvalue weighted by Crippen LogP contribution is -2.27. The number of para-hydroxylation sites is 1. The average Bonchev–Trinajstić information content (AvgIpc) is 3.00. The first-order chi connectivity index (χ1) is 14.8. The first kappa shape index (κ1) is 23.1. The van der Waals surface area contributed by atoms with Gasteiger partial charge in [0.25, 0.3) is 16.8 Å². The number of nitrogens with zero attached hydrogens (tertiary/aromatic N) is 2. The number of hydrogen-bond donors (Lipinski definition) is 0. The Balaban J connectivity index is 1.87. The van der Waals surface area contributed by atoms with Gasteiger partial charge in [-0.05, 0) is 64.5 Å². The third kappa shape index (κ3) is 5.18. The fourth-order valence-electron chi connectivity index (χ4n) is 2.95. The van der Waals surface area contributed by atoms with Crippen molar-refractivity contribution in [1.82, 2.24) is 4.90 Å². The summed E-state index contributed by atoms with van der Waals surface area (Å²) in [6, 6.07) is 9.63. The maximum atomic E-state index is 12.8. The van der Waals surface area contributed by atoms with Gasteiger partial charge < -0.3 is 9.47 Å². The SMILES string of the molecule is CCCOc1c(I)cc(/C=C2\SC(=O)N(Cc3ccccc3[N+](=O)[O-])C2=O)cc1OC. The molecule has 2 aromatic rings. The molecule has 0 bridgehead atoms. The van der Waals surface area contributed by atoms with Crippen molar-refractivity contribution in [3.8, 4) is 11.5 Å². The molecular weight excluding hydrogens is 535 g/mol. The third-order valence-corrected chi connectivity index (χ3v) is 6.10. The maximum Gasteiger partial charge on any atom is 0.293 e. The standard InChI is InChI=1S/C21H19IN2O6S/c1-3-8-30-19-15(22)9-13(10-17(19)29-2)11-18-20(25)23(21(26)31-18)12-14-6-4-5-7-16(14)24(27)28/h4-7,9-11H,3,8,12H2,1-2H3/b18-11-. The van der Waals surface area contributed by atoms with Crippen LogP contribution >= 0.6 is 34.4 Å². The number of benzene rings is 2. The number of carbonyl (C=O) groups is 2. The summed E-state index contributed by atoms with van der Waals surface area (Å²) >= 11 is 2.93. The second-order valence-electron chi connectivity index (χ2n) is 6.54. The van der Waals surface area contributed by atoms with Gasteiger partial charge in [-0.25, -0.2) is 0 Å². The average molecular weight is 554 g/mol. The number of thioether (sulfide) groups is 1. The van der Waals surface area contributed by atoms with Crippen LogP contribution < -0.4 is 9.47 Å². The van der Waals surface area contributed by atoms with E-state index >= 15 is 0 Å². The van der Waals surface area contributed by atoms with E-state index in [2.05, 4.69) is 22.6 Å². The van der Waals surface area contributed by atoms with Crippen LogP contribution in [0.15, 0.2) is 41.3 Å². The molecule has 162 valence electrons. The molecule has 0 unspecified atom stereocenters. The number of nitro groups is 1. The van der Waals surface area contributed by atoms with Crippen LogP contribution in [-0.4, -0.2) is 34.7 Å². The van der Waals surface area contributed by atoms with E-state index in [0.717, 1.165) is 26.7 Å². The van der Waals surface area contributed by atoms with Crippen LogP contribution in [0.25, 0.3) is 6.08 Å². The Morgan fingerprint density at radius 1 is 1.26 bits per heavy atom. The number of rotatable bonds is 8. The van der Waals surface area contributed by atoms with Crippen LogP contribution in [0.5, 0.6) is 11.5 Å². The highest BCUT2D eigenvalue weighted by atomic mass is 127. The molecule has 0 aliphatic carbocycles. The quantitative estimate of drug-likeness (QED) is 0.191. The molecule has 0 saturated carbocycles. The minimum Gasteiger partial charge on any atom is -0.493 e. The number of nitro benzene ring substituents is 1. The van der Waals surface area contributed by atoms with E-state index in [-0.39, 0.29) is 17.1 Å². The fourth-order valence-corrected chi connectivity index (χ4v) is 4.57. The molecular formula is C21H19IN2O6S. The zero-order chi connectivity index (χ0) is 22.5. The van der Waals surface area contributed by atoms with Crippen molar-refractivity contribution >= 4 is 57.3 Å². The monoisotopic (exact) mass is 554 g/mol. The largest absolute Gasteiger partial charge is 0.493 e. The zero-order valence-corrected chi connectivity index (χ0v) is 19.8. The summed E-state index contributed by atoms with van der Waals surface area (Å²) in [4.78, 5) is 37.2. The number of hydrogen-bond acceptors (Lipinski definition) is 7. The number of amides is 2. The summed E-state index contributed by atoms with van der Waals surface area (Å²) in [5.74, 6) is 0.672. The Hall–Kier alpha value is -2.60. The molecule has 1 heterocycles. The summed E-state index contributed by atoms with van der Waals surface area (Å²) in [6.45, 7) is 2.40. The topological polar surface area (TPSA) is 99.0 Å². The highest BCUT2D eigenvalue weighted by molar-refractivity contribution is 14.1. The summed E-state index contributed by atoms with van der Waals surface area (Å²) in [5.41, 5.74) is 0.846. The molecule has 8 nitrogen and oxygen atoms in total. The molecule has 31 heavy (non-hydrogen) atoms. The molecule has 1 saturated heterocycles. The van der Waals surface area contributed by atoms with E-state index in [1.54, 1.807) is 18.2 Å². The van der Waals surface area contributed by atoms with Crippen molar-refractivity contribution < 1.29 is 24.0 Å². The van der Waals surface area contributed by atoms with Crippen LogP contribution in [0.1, 0.15) is 24.5 Å². The van der Waals surface area contributed by atoms with Crippen LogP contribution in [0.4, 0.5) is 10.5 Å². The highest BCUT2D eigenvalue weighted by Crippen LogP contribution is 2.38. The van der Waals surface area contributed by atoms with E-state index in [9.17, 15) is 19.7 Å². The normalized spacial score (nSPS) is 14.9. The fraction of sp³-hybridized carbons (Fsp3) is 0.238. The Morgan fingerprint density at radius 2 is 2.00 bits per heavy atom. The maximum absolute atomic E-state index is 12.8. The first-order valence-corrected chi connectivity index (χ1v) is 11.2. The molecule has 0 spiro atoms. The second kappa shape index (κ2) is 10.1. The van der Waals surface area contributed by atoms with E-state index in [0.29, 0.717) is 29.2 Å². The van der Waals surface area contributed by atoms with Gasteiger partial charge in [0.15, 0.2) is 11.5 Å². The predicted octanol–water partition coefficient (Wildman–Crippen LogP) is 5.23. The van der Waals surface area contributed by atoms with Crippen LogP contribution in [0, 0.1) is 13.7 Å². The predicted molar refractivity (Wildman–Crippen MR) is 126 cm³/mol. The summed E-state index contributed by atoms with van der Waals surface area (Å²) < 4.78 is 12.0. The molecule has 10 heteroatoms. The number of halogens is 1. The lowest BCUT2D eigenvalue weighted by Gasteiger charge is -2.13. The molecule has 0 atom stereocenters. The van der Waals surface area contributed by atoms with Crippen molar-refractivity contribution in [1.29, 1.82) is 0 Å². The minimum atomic E-state index is -0.527. The van der Waals surface area contributed by atoms with Gasteiger partial charge in [0.2, 0.25) is 0 Å². The molecule has 0 N–H and O–H groups in total. The van der Waals surface area contributed by atoms with Gasteiger partial charge in [0, 0.05) is 11.6 Å². The van der Waals surface area contributed by atoms with Crippen molar-refractivity contribution in [2.75, 3.05) is 13.7 Å². The highest BCUT2D eigenvalue weighted by Gasteiger charge is 2.36. The van der Waals surface area contributed by atoms with E-state index in [1.807, 2.05) is 13.0 Å². The third-order valence-electron chi connectivity index (χ3n) is 4.39. The van der Waals surface area contributed by atoms with E-state index < -0.39 is 16.1 Å². The molecule has 1 fully saturated rings. The Labute approximate surface area is 196 Å².